The molecule has 1 atom stereocenters. The Morgan fingerprint density at radius 3 is 2.40 bits per heavy atom. The maximum atomic E-state index is 5.17. The van der Waals surface area contributed by atoms with E-state index in [2.05, 4.69) is 32.2 Å². The van der Waals surface area contributed by atoms with E-state index in [0.29, 0.717) is 17.5 Å². The molecule has 0 spiro atoms. The van der Waals surface area contributed by atoms with Gasteiger partial charge in [0.2, 0.25) is 0 Å². The van der Waals surface area contributed by atoms with Gasteiger partial charge in [-0.3, -0.25) is 0 Å². The number of ether oxygens (including phenoxy) is 1. The Morgan fingerprint density at radius 2 is 2.00 bits per heavy atom. The molecule has 1 aliphatic carbocycles. The molecule has 1 fully saturated rings. The van der Waals surface area contributed by atoms with Crippen LogP contribution in [0.5, 0.6) is 0 Å². The molecule has 2 aliphatic rings. The van der Waals surface area contributed by atoms with Gasteiger partial charge >= 0.3 is 0 Å². The first-order valence-electron chi connectivity index (χ1n) is 6.09. The summed E-state index contributed by atoms with van der Waals surface area (Å²) < 4.78 is 5.17. The zero-order valence-electron chi connectivity index (χ0n) is 10.2. The quantitative estimate of drug-likeness (QED) is 0.706. The van der Waals surface area contributed by atoms with Crippen LogP contribution >= 0.6 is 0 Å². The second kappa shape index (κ2) is 4.26. The fourth-order valence-corrected chi connectivity index (χ4v) is 2.33. The monoisotopic (exact) mass is 209 g/mol. The minimum Gasteiger partial charge on any atom is -0.378 e. The molecule has 1 unspecified atom stereocenters. The largest absolute Gasteiger partial charge is 0.378 e. The lowest BCUT2D eigenvalue weighted by atomic mass is 9.79. The minimum atomic E-state index is 0.366. The molecular weight excluding hydrogens is 186 g/mol. The second-order valence-corrected chi connectivity index (χ2v) is 5.85. The first-order chi connectivity index (χ1) is 7.05. The van der Waals surface area contributed by atoms with Crippen molar-refractivity contribution in [3.05, 3.63) is 11.6 Å². The highest BCUT2D eigenvalue weighted by Crippen LogP contribution is 2.33. The van der Waals surface area contributed by atoms with Crippen LogP contribution in [0.2, 0.25) is 0 Å². The molecule has 0 amide bonds. The summed E-state index contributed by atoms with van der Waals surface area (Å²) in [6.07, 6.45) is 6.19. The van der Waals surface area contributed by atoms with E-state index in [1.165, 1.54) is 19.3 Å². The van der Waals surface area contributed by atoms with Gasteiger partial charge in [0, 0.05) is 6.04 Å². The smallest absolute Gasteiger partial charge is 0.0643 e. The van der Waals surface area contributed by atoms with Gasteiger partial charge in [-0.2, -0.15) is 0 Å². The fraction of sp³-hybridized carbons (Fsp3) is 0.846. The summed E-state index contributed by atoms with van der Waals surface area (Å²) in [7, 11) is 0. The Hall–Kier alpha value is -0.340. The van der Waals surface area contributed by atoms with Crippen molar-refractivity contribution in [3.63, 3.8) is 0 Å². The van der Waals surface area contributed by atoms with E-state index >= 15 is 0 Å². The van der Waals surface area contributed by atoms with Crippen LogP contribution in [0, 0.1) is 5.41 Å². The predicted octanol–water partition coefficient (Wildman–Crippen LogP) is 2.50. The summed E-state index contributed by atoms with van der Waals surface area (Å²) in [6.45, 7) is 8.75. The third kappa shape index (κ3) is 2.82. The van der Waals surface area contributed by atoms with Gasteiger partial charge in [-0.05, 0) is 24.7 Å². The van der Waals surface area contributed by atoms with Crippen molar-refractivity contribution in [1.29, 1.82) is 0 Å². The van der Waals surface area contributed by atoms with Gasteiger partial charge in [0.25, 0.3) is 0 Å². The van der Waals surface area contributed by atoms with Gasteiger partial charge in [0.05, 0.1) is 19.3 Å². The number of allylic oxidation sites excluding steroid dienone is 1. The SMILES string of the molecule is CC(C)(C)C1=CCC(NC2COC2)CC1. The van der Waals surface area contributed by atoms with Crippen molar-refractivity contribution in [3.8, 4) is 0 Å². The van der Waals surface area contributed by atoms with E-state index in [9.17, 15) is 0 Å². The molecule has 1 aliphatic heterocycles. The molecule has 0 aromatic carbocycles. The fourth-order valence-electron chi connectivity index (χ4n) is 2.33. The summed E-state index contributed by atoms with van der Waals surface area (Å²) in [5.41, 5.74) is 2.00. The maximum absolute atomic E-state index is 5.17. The minimum absolute atomic E-state index is 0.366. The van der Waals surface area contributed by atoms with Crippen LogP contribution in [0.25, 0.3) is 0 Å². The van der Waals surface area contributed by atoms with Crippen LogP contribution in [-0.2, 0) is 4.74 Å². The summed E-state index contributed by atoms with van der Waals surface area (Å²) in [5, 5.41) is 3.66. The summed E-state index contributed by atoms with van der Waals surface area (Å²) >= 11 is 0. The molecule has 0 aromatic heterocycles. The molecule has 1 N–H and O–H groups in total. The lowest BCUT2D eigenvalue weighted by Gasteiger charge is -2.35. The summed E-state index contributed by atoms with van der Waals surface area (Å²) in [6, 6.07) is 1.31. The standard InChI is InChI=1S/C13H23NO/c1-13(2,3)10-4-6-11(7-5-10)14-12-8-15-9-12/h4,11-12,14H,5-9H2,1-3H3. The summed E-state index contributed by atoms with van der Waals surface area (Å²) in [4.78, 5) is 0. The van der Waals surface area contributed by atoms with Crippen molar-refractivity contribution in [2.24, 2.45) is 5.41 Å². The van der Waals surface area contributed by atoms with Gasteiger partial charge < -0.3 is 10.1 Å². The third-order valence-corrected chi connectivity index (χ3v) is 3.48. The Kier molecular flexibility index (Phi) is 3.17. The van der Waals surface area contributed by atoms with Crippen molar-refractivity contribution in [2.75, 3.05) is 13.2 Å². The number of hydrogen-bond acceptors (Lipinski definition) is 2. The Morgan fingerprint density at radius 1 is 1.27 bits per heavy atom. The lowest BCUT2D eigenvalue weighted by molar-refractivity contribution is -0.0105. The molecule has 0 saturated carbocycles. The zero-order valence-corrected chi connectivity index (χ0v) is 10.2. The molecule has 0 aromatic rings. The molecule has 0 radical (unpaired) electrons. The van der Waals surface area contributed by atoms with Crippen LogP contribution in [-0.4, -0.2) is 25.3 Å². The number of hydrogen-bond donors (Lipinski definition) is 1. The normalized spacial score (nSPS) is 28.5. The van der Waals surface area contributed by atoms with Crippen LogP contribution in [0.3, 0.4) is 0 Å². The second-order valence-electron chi connectivity index (χ2n) is 5.85. The van der Waals surface area contributed by atoms with Crippen molar-refractivity contribution < 1.29 is 4.74 Å². The van der Waals surface area contributed by atoms with Crippen LogP contribution in [0.15, 0.2) is 11.6 Å². The van der Waals surface area contributed by atoms with E-state index in [1.807, 2.05) is 0 Å². The lowest BCUT2D eigenvalue weighted by Crippen LogP contribution is -2.50. The zero-order chi connectivity index (χ0) is 10.9. The highest BCUT2D eigenvalue weighted by atomic mass is 16.5. The number of rotatable bonds is 2. The van der Waals surface area contributed by atoms with Crippen molar-refractivity contribution in [1.82, 2.24) is 5.32 Å². The molecular formula is C13H23NO. The van der Waals surface area contributed by atoms with E-state index in [1.54, 1.807) is 5.57 Å². The van der Waals surface area contributed by atoms with Crippen LogP contribution in [0.4, 0.5) is 0 Å². The van der Waals surface area contributed by atoms with Crippen LogP contribution < -0.4 is 5.32 Å². The first kappa shape index (κ1) is 11.2. The highest BCUT2D eigenvalue weighted by Gasteiger charge is 2.26. The van der Waals surface area contributed by atoms with E-state index in [4.69, 9.17) is 4.74 Å². The molecule has 1 heterocycles. The Balaban J connectivity index is 1.82. The van der Waals surface area contributed by atoms with Crippen molar-refractivity contribution in [2.45, 2.75) is 52.1 Å². The van der Waals surface area contributed by atoms with Crippen LogP contribution in [0.1, 0.15) is 40.0 Å². The average Bonchev–Trinajstić information content (AvgIpc) is 2.11. The molecule has 0 bridgehead atoms. The molecule has 15 heavy (non-hydrogen) atoms. The Bertz CT molecular complexity index is 248. The molecule has 2 rings (SSSR count). The average molecular weight is 209 g/mol. The van der Waals surface area contributed by atoms with Gasteiger partial charge in [-0.25, -0.2) is 0 Å². The van der Waals surface area contributed by atoms with Gasteiger partial charge in [-0.15, -0.1) is 0 Å². The third-order valence-electron chi connectivity index (χ3n) is 3.48. The molecule has 2 heteroatoms. The van der Waals surface area contributed by atoms with Crippen molar-refractivity contribution >= 4 is 0 Å². The highest BCUT2D eigenvalue weighted by molar-refractivity contribution is 5.15. The van der Waals surface area contributed by atoms with Gasteiger partial charge in [0.15, 0.2) is 0 Å². The first-order valence-corrected chi connectivity index (χ1v) is 6.09. The van der Waals surface area contributed by atoms with Gasteiger partial charge in [-0.1, -0.05) is 32.4 Å². The van der Waals surface area contributed by atoms with E-state index in [0.717, 1.165) is 13.2 Å². The summed E-state index contributed by atoms with van der Waals surface area (Å²) in [5.74, 6) is 0. The topological polar surface area (TPSA) is 21.3 Å². The van der Waals surface area contributed by atoms with E-state index < -0.39 is 0 Å². The Labute approximate surface area is 93.1 Å². The van der Waals surface area contributed by atoms with Gasteiger partial charge in [0.1, 0.15) is 0 Å². The molecule has 86 valence electrons. The van der Waals surface area contributed by atoms with E-state index in [-0.39, 0.29) is 0 Å². The number of nitrogens with one attached hydrogen (secondary N) is 1. The predicted molar refractivity (Wildman–Crippen MR) is 62.9 cm³/mol. The maximum Gasteiger partial charge on any atom is 0.0643 e. The molecule has 2 nitrogen and oxygen atoms in total. The molecule has 1 saturated heterocycles.